The van der Waals surface area contributed by atoms with Gasteiger partial charge in [0, 0.05) is 10.6 Å². The summed E-state index contributed by atoms with van der Waals surface area (Å²) in [6.45, 7) is 0.366. The predicted octanol–water partition coefficient (Wildman–Crippen LogP) is 4.66. The molecular weight excluding hydrogens is 337 g/mol. The summed E-state index contributed by atoms with van der Waals surface area (Å²) in [4.78, 5) is 0. The number of hydrogen-bond acceptors (Lipinski definition) is 5. The number of nitrogens with zero attached hydrogens (tertiary/aromatic N) is 2. The van der Waals surface area contributed by atoms with Gasteiger partial charge in [0.05, 0.1) is 24.4 Å². The Morgan fingerprint density at radius 3 is 2.57 bits per heavy atom. The van der Waals surface area contributed by atoms with Crippen molar-refractivity contribution < 1.29 is 9.15 Å². The molecule has 0 aliphatic carbocycles. The number of hydrogen-bond donors (Lipinski definition) is 1. The highest BCUT2D eigenvalue weighted by Gasteiger charge is 2.09. The summed E-state index contributed by atoms with van der Waals surface area (Å²) >= 11 is 12.0. The maximum Gasteiger partial charge on any atom is 0.247 e. The Balaban J connectivity index is 1.69. The average molecular weight is 350 g/mol. The van der Waals surface area contributed by atoms with E-state index in [2.05, 4.69) is 15.5 Å². The zero-order valence-corrected chi connectivity index (χ0v) is 13.7. The van der Waals surface area contributed by atoms with Crippen molar-refractivity contribution in [1.29, 1.82) is 0 Å². The zero-order valence-electron chi connectivity index (χ0n) is 12.2. The maximum absolute atomic E-state index is 6.10. The normalized spacial score (nSPS) is 10.6. The molecule has 7 heteroatoms. The van der Waals surface area contributed by atoms with Crippen LogP contribution in [0.5, 0.6) is 5.75 Å². The Labute approximate surface area is 143 Å². The molecular formula is C16H13Cl2N3O2. The lowest BCUT2D eigenvalue weighted by Crippen LogP contribution is -2.00. The molecule has 0 amide bonds. The predicted molar refractivity (Wildman–Crippen MR) is 90.1 cm³/mol. The Bertz CT molecular complexity index is 803. The van der Waals surface area contributed by atoms with Crippen molar-refractivity contribution >= 4 is 28.9 Å². The third-order valence-electron chi connectivity index (χ3n) is 3.17. The van der Waals surface area contributed by atoms with E-state index in [9.17, 15) is 0 Å². The summed E-state index contributed by atoms with van der Waals surface area (Å²) in [7, 11) is 1.62. The van der Waals surface area contributed by atoms with Crippen LogP contribution in [0.4, 0.5) is 5.69 Å². The molecule has 2 aromatic carbocycles. The molecule has 3 aromatic rings. The van der Waals surface area contributed by atoms with Crippen molar-refractivity contribution in [1.82, 2.24) is 10.2 Å². The van der Waals surface area contributed by atoms with Crippen LogP contribution in [0, 0.1) is 0 Å². The second-order valence-electron chi connectivity index (χ2n) is 4.71. The van der Waals surface area contributed by atoms with Crippen molar-refractivity contribution in [3.05, 3.63) is 58.4 Å². The van der Waals surface area contributed by atoms with Gasteiger partial charge in [0.1, 0.15) is 5.75 Å². The van der Waals surface area contributed by atoms with E-state index in [0.717, 1.165) is 17.0 Å². The number of benzene rings is 2. The quantitative estimate of drug-likeness (QED) is 0.725. The lowest BCUT2D eigenvalue weighted by molar-refractivity contribution is 0.415. The maximum atomic E-state index is 6.10. The Morgan fingerprint density at radius 2 is 1.87 bits per heavy atom. The smallest absolute Gasteiger partial charge is 0.247 e. The van der Waals surface area contributed by atoms with Gasteiger partial charge >= 0.3 is 0 Å². The largest absolute Gasteiger partial charge is 0.497 e. The first-order chi connectivity index (χ1) is 11.2. The lowest BCUT2D eigenvalue weighted by atomic mass is 10.2. The van der Waals surface area contributed by atoms with E-state index < -0.39 is 0 Å². The van der Waals surface area contributed by atoms with Gasteiger partial charge in [0.25, 0.3) is 0 Å². The average Bonchev–Trinajstić information content (AvgIpc) is 3.03. The fourth-order valence-corrected chi connectivity index (χ4v) is 2.45. The molecule has 0 aliphatic heterocycles. The number of ether oxygens (including phenoxy) is 1. The van der Waals surface area contributed by atoms with E-state index in [0.29, 0.717) is 28.4 Å². The summed E-state index contributed by atoms with van der Waals surface area (Å²) in [6, 6.07) is 12.6. The summed E-state index contributed by atoms with van der Waals surface area (Å²) in [5.74, 6) is 1.68. The van der Waals surface area contributed by atoms with Gasteiger partial charge in [-0.05, 0) is 42.5 Å². The number of anilines is 1. The van der Waals surface area contributed by atoms with Crippen LogP contribution in [0.25, 0.3) is 11.5 Å². The van der Waals surface area contributed by atoms with Gasteiger partial charge in [-0.3, -0.25) is 0 Å². The van der Waals surface area contributed by atoms with Crippen LogP contribution >= 0.6 is 23.2 Å². The Morgan fingerprint density at radius 1 is 1.09 bits per heavy atom. The minimum Gasteiger partial charge on any atom is -0.497 e. The summed E-state index contributed by atoms with van der Waals surface area (Å²) < 4.78 is 10.8. The molecule has 0 fully saturated rings. The van der Waals surface area contributed by atoms with E-state index in [4.69, 9.17) is 32.4 Å². The van der Waals surface area contributed by atoms with Gasteiger partial charge in [0.15, 0.2) is 0 Å². The van der Waals surface area contributed by atoms with Crippen LogP contribution in [0.3, 0.4) is 0 Å². The van der Waals surface area contributed by atoms with Crippen LogP contribution in [0.1, 0.15) is 5.89 Å². The Hall–Kier alpha value is -2.24. The number of aromatic nitrogens is 2. The van der Waals surface area contributed by atoms with Crippen molar-refractivity contribution in [2.45, 2.75) is 6.54 Å². The lowest BCUT2D eigenvalue weighted by Gasteiger charge is -2.05. The molecule has 3 rings (SSSR count). The van der Waals surface area contributed by atoms with Crippen molar-refractivity contribution in [3.63, 3.8) is 0 Å². The summed E-state index contributed by atoms with van der Waals surface area (Å²) in [5.41, 5.74) is 1.58. The molecule has 0 saturated heterocycles. The molecule has 1 N–H and O–H groups in total. The van der Waals surface area contributed by atoms with Crippen molar-refractivity contribution in [3.8, 4) is 17.2 Å². The molecule has 0 saturated carbocycles. The van der Waals surface area contributed by atoms with Gasteiger partial charge in [-0.25, -0.2) is 0 Å². The topological polar surface area (TPSA) is 60.2 Å². The van der Waals surface area contributed by atoms with Gasteiger partial charge < -0.3 is 14.5 Å². The highest BCUT2D eigenvalue weighted by atomic mass is 35.5. The fourth-order valence-electron chi connectivity index (χ4n) is 1.98. The van der Waals surface area contributed by atoms with Crippen LogP contribution in [-0.2, 0) is 6.54 Å². The first-order valence-electron chi connectivity index (χ1n) is 6.81. The van der Waals surface area contributed by atoms with E-state index in [-0.39, 0.29) is 0 Å². The van der Waals surface area contributed by atoms with Crippen molar-refractivity contribution in [2.75, 3.05) is 12.4 Å². The van der Waals surface area contributed by atoms with Crippen LogP contribution in [0.2, 0.25) is 10.0 Å². The zero-order chi connectivity index (χ0) is 16.2. The Kier molecular flexibility index (Phi) is 4.69. The molecule has 0 unspecified atom stereocenters. The first-order valence-corrected chi connectivity index (χ1v) is 7.57. The summed E-state index contributed by atoms with van der Waals surface area (Å²) in [5, 5.41) is 12.3. The fraction of sp³-hybridized carbons (Fsp3) is 0.125. The molecule has 0 spiro atoms. The van der Waals surface area contributed by atoms with Crippen LogP contribution < -0.4 is 10.1 Å². The molecule has 0 aliphatic rings. The molecule has 0 atom stereocenters. The SMILES string of the molecule is COc1ccc(-c2nnc(CNc3ccc(Cl)cc3Cl)o2)cc1. The number of nitrogens with one attached hydrogen (secondary N) is 1. The van der Waals surface area contributed by atoms with Gasteiger partial charge in [-0.2, -0.15) is 0 Å². The molecule has 0 bridgehead atoms. The van der Waals surface area contributed by atoms with Gasteiger partial charge in [-0.15, -0.1) is 10.2 Å². The van der Waals surface area contributed by atoms with Crippen molar-refractivity contribution in [2.24, 2.45) is 0 Å². The molecule has 23 heavy (non-hydrogen) atoms. The summed E-state index contributed by atoms with van der Waals surface area (Å²) in [6.07, 6.45) is 0. The minimum atomic E-state index is 0.366. The third-order valence-corrected chi connectivity index (χ3v) is 3.71. The molecule has 5 nitrogen and oxygen atoms in total. The van der Waals surface area contributed by atoms with Gasteiger partial charge in [0.2, 0.25) is 11.8 Å². The standard InChI is InChI=1S/C16H13Cl2N3O2/c1-22-12-5-2-10(3-6-12)16-21-20-15(23-16)9-19-14-7-4-11(17)8-13(14)18/h2-8,19H,9H2,1H3. The van der Waals surface area contributed by atoms with E-state index in [1.807, 2.05) is 24.3 Å². The molecule has 1 aromatic heterocycles. The van der Waals surface area contributed by atoms with E-state index in [1.54, 1.807) is 25.3 Å². The highest BCUT2D eigenvalue weighted by molar-refractivity contribution is 6.36. The second-order valence-corrected chi connectivity index (χ2v) is 5.55. The minimum absolute atomic E-state index is 0.366. The third kappa shape index (κ3) is 3.75. The number of methoxy groups -OCH3 is 1. The first kappa shape index (κ1) is 15.6. The monoisotopic (exact) mass is 349 g/mol. The van der Waals surface area contributed by atoms with E-state index in [1.165, 1.54) is 0 Å². The molecule has 1 heterocycles. The van der Waals surface area contributed by atoms with E-state index >= 15 is 0 Å². The molecule has 0 radical (unpaired) electrons. The van der Waals surface area contributed by atoms with Gasteiger partial charge in [-0.1, -0.05) is 23.2 Å². The number of rotatable bonds is 5. The van der Waals surface area contributed by atoms with Crippen LogP contribution in [-0.4, -0.2) is 17.3 Å². The number of halogens is 2. The van der Waals surface area contributed by atoms with Crippen LogP contribution in [0.15, 0.2) is 46.9 Å². The molecule has 118 valence electrons. The second kappa shape index (κ2) is 6.89. The highest BCUT2D eigenvalue weighted by Crippen LogP contribution is 2.26.